The number of aromatic nitrogens is 1. The third-order valence-corrected chi connectivity index (χ3v) is 4.31. The minimum atomic E-state index is -0.930. The Morgan fingerprint density at radius 1 is 1.21 bits per heavy atom. The molecule has 3 rings (SSSR count). The lowest BCUT2D eigenvalue weighted by Crippen LogP contribution is -2.49. The van der Waals surface area contributed by atoms with Gasteiger partial charge in [0.05, 0.1) is 25.7 Å². The van der Waals surface area contributed by atoms with Crippen LogP contribution in [0.15, 0.2) is 42.5 Å². The van der Waals surface area contributed by atoms with Crippen molar-refractivity contribution in [2.45, 2.75) is 12.5 Å². The van der Waals surface area contributed by atoms with Crippen LogP contribution >= 0.6 is 0 Å². The van der Waals surface area contributed by atoms with Crippen molar-refractivity contribution in [1.82, 2.24) is 9.47 Å². The Morgan fingerprint density at radius 3 is 2.67 bits per heavy atom. The summed E-state index contributed by atoms with van der Waals surface area (Å²) in [5.74, 6) is -1.09. The lowest BCUT2D eigenvalue weighted by molar-refractivity contribution is -0.139. The molecule has 0 saturated carbocycles. The van der Waals surface area contributed by atoms with Gasteiger partial charge >= 0.3 is 5.97 Å². The van der Waals surface area contributed by atoms with Gasteiger partial charge in [-0.15, -0.1) is 0 Å². The quantitative estimate of drug-likeness (QED) is 0.932. The Morgan fingerprint density at radius 2 is 1.96 bits per heavy atom. The maximum absolute atomic E-state index is 12.9. The molecule has 0 radical (unpaired) electrons. The van der Waals surface area contributed by atoms with Crippen LogP contribution in [0.1, 0.15) is 16.9 Å². The van der Waals surface area contributed by atoms with Gasteiger partial charge in [-0.1, -0.05) is 30.3 Å². The zero-order valence-corrected chi connectivity index (χ0v) is 13.5. The third kappa shape index (κ3) is 3.19. The molecule has 1 N–H and O–H groups in total. The van der Waals surface area contributed by atoms with Gasteiger partial charge in [-0.3, -0.25) is 9.59 Å². The molecule has 6 nitrogen and oxygen atoms in total. The minimum Gasteiger partial charge on any atom is -0.481 e. The predicted molar refractivity (Wildman–Crippen MR) is 88.7 cm³/mol. The number of aliphatic carboxylic acids is 1. The van der Waals surface area contributed by atoms with Gasteiger partial charge in [-0.2, -0.15) is 0 Å². The Hall–Kier alpha value is -2.60. The summed E-state index contributed by atoms with van der Waals surface area (Å²) in [7, 11) is 1.85. The number of carbonyl (C=O) groups excluding carboxylic acids is 1. The van der Waals surface area contributed by atoms with Crippen LogP contribution in [0.2, 0.25) is 0 Å². The van der Waals surface area contributed by atoms with E-state index in [9.17, 15) is 9.59 Å². The topological polar surface area (TPSA) is 71.8 Å². The number of morpholine rings is 1. The van der Waals surface area contributed by atoms with Crippen LogP contribution in [0.5, 0.6) is 0 Å². The summed E-state index contributed by atoms with van der Waals surface area (Å²) in [6.45, 7) is 1.09. The number of nitrogens with zero attached hydrogens (tertiary/aromatic N) is 2. The van der Waals surface area contributed by atoms with Gasteiger partial charge in [0, 0.05) is 19.3 Å². The van der Waals surface area contributed by atoms with Crippen molar-refractivity contribution >= 4 is 11.9 Å². The van der Waals surface area contributed by atoms with Crippen molar-refractivity contribution in [3.63, 3.8) is 0 Å². The monoisotopic (exact) mass is 328 g/mol. The summed E-state index contributed by atoms with van der Waals surface area (Å²) in [5, 5.41) is 9.04. The highest BCUT2D eigenvalue weighted by Gasteiger charge is 2.31. The van der Waals surface area contributed by atoms with E-state index < -0.39 is 12.0 Å². The summed E-state index contributed by atoms with van der Waals surface area (Å²) >= 11 is 0. The van der Waals surface area contributed by atoms with Crippen LogP contribution in [0.4, 0.5) is 0 Å². The van der Waals surface area contributed by atoms with Crippen molar-refractivity contribution in [2.75, 3.05) is 19.8 Å². The zero-order chi connectivity index (χ0) is 17.1. The molecule has 1 aromatic carbocycles. The number of amides is 1. The molecule has 0 unspecified atom stereocenters. The van der Waals surface area contributed by atoms with E-state index >= 15 is 0 Å². The highest BCUT2D eigenvalue weighted by molar-refractivity contribution is 5.94. The molecule has 1 aliphatic rings. The van der Waals surface area contributed by atoms with Gasteiger partial charge in [-0.25, -0.2) is 0 Å². The molecule has 0 aliphatic carbocycles. The Kier molecular flexibility index (Phi) is 4.66. The summed E-state index contributed by atoms with van der Waals surface area (Å²) in [6.07, 6.45) is -0.109. The smallest absolute Gasteiger partial charge is 0.305 e. The van der Waals surface area contributed by atoms with E-state index in [1.54, 1.807) is 11.0 Å². The van der Waals surface area contributed by atoms with Gasteiger partial charge < -0.3 is 19.3 Å². The van der Waals surface area contributed by atoms with Crippen LogP contribution in [-0.2, 0) is 16.6 Å². The second-order valence-corrected chi connectivity index (χ2v) is 5.85. The van der Waals surface area contributed by atoms with Crippen LogP contribution in [0.25, 0.3) is 11.3 Å². The largest absolute Gasteiger partial charge is 0.481 e. The number of carboxylic acids is 1. The number of benzene rings is 1. The lowest BCUT2D eigenvalue weighted by atomic mass is 10.1. The van der Waals surface area contributed by atoms with E-state index in [-0.39, 0.29) is 18.9 Å². The molecule has 6 heteroatoms. The molecular formula is C18H20N2O4. The first kappa shape index (κ1) is 16.3. The highest BCUT2D eigenvalue weighted by Crippen LogP contribution is 2.23. The van der Waals surface area contributed by atoms with E-state index in [2.05, 4.69) is 0 Å². The number of ether oxygens (including phenoxy) is 1. The SMILES string of the molecule is Cn1c(C(=O)N2CCOC[C@H]2CC(=O)O)ccc1-c1ccccc1. The van der Waals surface area contributed by atoms with Crippen LogP contribution in [0, 0.1) is 0 Å². The molecule has 1 amide bonds. The lowest BCUT2D eigenvalue weighted by Gasteiger charge is -2.34. The third-order valence-electron chi connectivity index (χ3n) is 4.31. The Labute approximate surface area is 140 Å². The molecule has 1 aliphatic heterocycles. The minimum absolute atomic E-state index is 0.109. The van der Waals surface area contributed by atoms with E-state index in [4.69, 9.17) is 9.84 Å². The fourth-order valence-corrected chi connectivity index (χ4v) is 3.06. The second kappa shape index (κ2) is 6.88. The fourth-order valence-electron chi connectivity index (χ4n) is 3.06. The number of carboxylic acid groups (broad SMARTS) is 1. The van der Waals surface area contributed by atoms with Crippen molar-refractivity contribution in [3.05, 3.63) is 48.2 Å². The molecule has 2 aromatic rings. The van der Waals surface area contributed by atoms with E-state index in [1.807, 2.05) is 48.0 Å². The van der Waals surface area contributed by atoms with Crippen molar-refractivity contribution in [1.29, 1.82) is 0 Å². The normalized spacial score (nSPS) is 17.7. The number of hydrogen-bond donors (Lipinski definition) is 1. The van der Waals surface area contributed by atoms with Gasteiger partial charge in [0.15, 0.2) is 0 Å². The number of rotatable bonds is 4. The van der Waals surface area contributed by atoms with Crippen LogP contribution < -0.4 is 0 Å². The van der Waals surface area contributed by atoms with Crippen molar-refractivity contribution < 1.29 is 19.4 Å². The first-order valence-corrected chi connectivity index (χ1v) is 7.89. The standard InChI is InChI=1S/C18H20N2O4/c1-19-15(13-5-3-2-4-6-13)7-8-16(19)18(23)20-9-10-24-12-14(20)11-17(21)22/h2-8,14H,9-12H2,1H3,(H,21,22)/t14-/m1/s1. The predicted octanol–water partition coefficient (Wildman–Crippen LogP) is 2.01. The van der Waals surface area contributed by atoms with Crippen LogP contribution in [-0.4, -0.2) is 52.3 Å². The van der Waals surface area contributed by atoms with Gasteiger partial charge in [0.2, 0.25) is 0 Å². The van der Waals surface area contributed by atoms with Crippen LogP contribution in [0.3, 0.4) is 0 Å². The molecule has 1 fully saturated rings. The maximum atomic E-state index is 12.9. The molecule has 2 heterocycles. The maximum Gasteiger partial charge on any atom is 0.305 e. The Balaban J connectivity index is 1.87. The van der Waals surface area contributed by atoms with Gasteiger partial charge in [0.25, 0.3) is 5.91 Å². The average Bonchev–Trinajstić information content (AvgIpc) is 2.96. The van der Waals surface area contributed by atoms with Gasteiger partial charge in [0.1, 0.15) is 5.69 Å². The molecule has 1 atom stereocenters. The van der Waals surface area contributed by atoms with Crippen molar-refractivity contribution in [3.8, 4) is 11.3 Å². The second-order valence-electron chi connectivity index (χ2n) is 5.85. The summed E-state index contributed by atoms with van der Waals surface area (Å²) in [4.78, 5) is 25.6. The molecule has 1 aromatic heterocycles. The molecule has 24 heavy (non-hydrogen) atoms. The van der Waals surface area contributed by atoms with Crippen molar-refractivity contribution in [2.24, 2.45) is 7.05 Å². The summed E-state index contributed by atoms with van der Waals surface area (Å²) < 4.78 is 7.19. The average molecular weight is 328 g/mol. The van der Waals surface area contributed by atoms with E-state index in [0.717, 1.165) is 11.3 Å². The molecular weight excluding hydrogens is 308 g/mol. The first-order chi connectivity index (χ1) is 11.6. The van der Waals surface area contributed by atoms with E-state index in [0.29, 0.717) is 18.8 Å². The first-order valence-electron chi connectivity index (χ1n) is 7.89. The fraction of sp³-hybridized carbons (Fsp3) is 0.333. The molecule has 0 bridgehead atoms. The molecule has 0 spiro atoms. The summed E-state index contributed by atoms with van der Waals surface area (Å²) in [6, 6.07) is 13.1. The van der Waals surface area contributed by atoms with Gasteiger partial charge in [-0.05, 0) is 17.7 Å². The Bertz CT molecular complexity index is 739. The number of hydrogen-bond acceptors (Lipinski definition) is 3. The zero-order valence-electron chi connectivity index (χ0n) is 13.5. The van der Waals surface area contributed by atoms with E-state index in [1.165, 1.54) is 0 Å². The highest BCUT2D eigenvalue weighted by atomic mass is 16.5. The molecule has 126 valence electrons. The summed E-state index contributed by atoms with van der Waals surface area (Å²) in [5.41, 5.74) is 2.52. The molecule has 1 saturated heterocycles. The number of carbonyl (C=O) groups is 2.